The molecule has 2 aliphatic rings. The zero-order valence-corrected chi connectivity index (χ0v) is 23.8. The molecule has 0 saturated carbocycles. The molecule has 2 aromatic carbocycles. The van der Waals surface area contributed by atoms with Crippen molar-refractivity contribution in [2.75, 3.05) is 11.4 Å². The Morgan fingerprint density at radius 3 is 2.76 bits per heavy atom. The van der Waals surface area contributed by atoms with Crippen molar-refractivity contribution in [3.8, 4) is 11.3 Å². The SMILES string of the molecule is C[C@H](N)CCCc1cc(Cl)c(F)c(-c2cc3c([nH]2)=NC(O)N(c2ccc([C@H]4CC[C@H](CCN=C(N)N)O4)cc2)C=3)c1. The number of aliphatic hydroxyl groups is 1. The lowest BCUT2D eigenvalue weighted by molar-refractivity contribution is 0.0415. The van der Waals surface area contributed by atoms with Crippen LogP contribution in [-0.4, -0.2) is 41.1 Å². The number of aromatic nitrogens is 1. The Kier molecular flexibility index (Phi) is 8.94. The van der Waals surface area contributed by atoms with Crippen molar-refractivity contribution in [3.05, 3.63) is 75.1 Å². The van der Waals surface area contributed by atoms with E-state index in [-0.39, 0.29) is 29.2 Å². The van der Waals surface area contributed by atoms with E-state index >= 15 is 4.39 Å². The van der Waals surface area contributed by atoms with E-state index in [2.05, 4.69) is 15.0 Å². The lowest BCUT2D eigenvalue weighted by Gasteiger charge is -2.25. The molecular weight excluding hydrogens is 545 g/mol. The highest BCUT2D eigenvalue weighted by Gasteiger charge is 2.27. The van der Waals surface area contributed by atoms with Gasteiger partial charge >= 0.3 is 0 Å². The number of halogens is 2. The maximum absolute atomic E-state index is 15.1. The third-order valence-electron chi connectivity index (χ3n) is 7.52. The van der Waals surface area contributed by atoms with Crippen LogP contribution >= 0.6 is 11.6 Å². The van der Waals surface area contributed by atoms with Crippen LogP contribution in [0, 0.1) is 5.82 Å². The first-order valence-electron chi connectivity index (χ1n) is 14.0. The van der Waals surface area contributed by atoms with E-state index in [0.717, 1.165) is 60.6 Å². The van der Waals surface area contributed by atoms with E-state index < -0.39 is 12.2 Å². The van der Waals surface area contributed by atoms with Crippen molar-refractivity contribution in [3.63, 3.8) is 0 Å². The van der Waals surface area contributed by atoms with Crippen molar-refractivity contribution < 1.29 is 14.2 Å². The van der Waals surface area contributed by atoms with E-state index in [0.29, 0.717) is 23.3 Å². The van der Waals surface area contributed by atoms with Gasteiger partial charge in [-0.2, -0.15) is 0 Å². The van der Waals surface area contributed by atoms with Gasteiger partial charge in [0.2, 0.25) is 6.35 Å². The van der Waals surface area contributed by atoms with Gasteiger partial charge in [0, 0.05) is 35.3 Å². The largest absolute Gasteiger partial charge is 0.370 e. The molecule has 11 heteroatoms. The summed E-state index contributed by atoms with van der Waals surface area (Å²) in [6.07, 6.45) is 5.94. The number of hydrogen-bond donors (Lipinski definition) is 5. The molecule has 8 N–H and O–H groups in total. The number of nitrogens with zero attached hydrogens (tertiary/aromatic N) is 3. The number of aliphatic hydroxyl groups excluding tert-OH is 1. The van der Waals surface area contributed by atoms with Crippen molar-refractivity contribution in [1.82, 2.24) is 4.98 Å². The Bertz CT molecular complexity index is 1520. The van der Waals surface area contributed by atoms with Gasteiger partial charge < -0.3 is 36.9 Å². The molecule has 4 atom stereocenters. The number of hydrogen-bond acceptors (Lipinski definition) is 6. The zero-order valence-electron chi connectivity index (χ0n) is 23.1. The fourth-order valence-corrected chi connectivity index (χ4v) is 5.63. The van der Waals surface area contributed by atoms with Crippen LogP contribution in [0.15, 0.2) is 52.4 Å². The second kappa shape index (κ2) is 12.6. The van der Waals surface area contributed by atoms with Gasteiger partial charge in [-0.25, -0.2) is 9.38 Å². The van der Waals surface area contributed by atoms with Crippen LogP contribution in [0.3, 0.4) is 0 Å². The standard InChI is InChI=1S/C30H37ClFN7O2/c1-17(33)3-2-4-18-13-23(27(32)24(31)14-18)25-15-20-16-39(30(40)38-28(20)37-25)21-7-5-19(6-8-21)26-10-9-22(41-26)11-12-36-29(34)35/h5-8,13-17,22,26,30,40H,2-4,9-12,33H2,1H3,(H,37,38)(H4,34,35,36)/t17-,22+,26+,30?/m0/s1. The van der Waals surface area contributed by atoms with Gasteiger partial charge in [0.15, 0.2) is 11.8 Å². The molecule has 1 fully saturated rings. The number of nitrogens with two attached hydrogens (primary N) is 3. The van der Waals surface area contributed by atoms with Gasteiger partial charge in [-0.1, -0.05) is 23.7 Å². The molecular formula is C30H37ClFN7O2. The minimum absolute atomic E-state index is 0.00299. The number of benzene rings is 2. The monoisotopic (exact) mass is 581 g/mol. The maximum atomic E-state index is 15.1. The van der Waals surface area contributed by atoms with Crippen LogP contribution < -0.4 is 32.8 Å². The maximum Gasteiger partial charge on any atom is 0.231 e. The molecule has 1 aromatic heterocycles. The molecule has 3 aromatic rings. The number of ether oxygens (including phenoxy) is 1. The third-order valence-corrected chi connectivity index (χ3v) is 7.79. The number of anilines is 1. The zero-order chi connectivity index (χ0) is 29.1. The predicted molar refractivity (Wildman–Crippen MR) is 160 cm³/mol. The van der Waals surface area contributed by atoms with E-state index in [1.807, 2.05) is 43.3 Å². The van der Waals surface area contributed by atoms with Crippen LogP contribution in [-0.2, 0) is 11.2 Å². The summed E-state index contributed by atoms with van der Waals surface area (Å²) >= 11 is 6.25. The van der Waals surface area contributed by atoms with Gasteiger partial charge in [0.1, 0.15) is 5.49 Å². The Morgan fingerprint density at radius 2 is 2.02 bits per heavy atom. The molecule has 41 heavy (non-hydrogen) atoms. The molecule has 2 aliphatic heterocycles. The average molecular weight is 582 g/mol. The summed E-state index contributed by atoms with van der Waals surface area (Å²) in [5.74, 6) is -0.405. The quantitative estimate of drug-likeness (QED) is 0.183. The molecule has 0 aliphatic carbocycles. The van der Waals surface area contributed by atoms with Crippen LogP contribution in [0.2, 0.25) is 5.02 Å². The number of guanidine groups is 1. The van der Waals surface area contributed by atoms with Crippen molar-refractivity contribution in [2.45, 2.75) is 70.1 Å². The van der Waals surface area contributed by atoms with Crippen LogP contribution in [0.4, 0.5) is 10.1 Å². The van der Waals surface area contributed by atoms with Gasteiger partial charge in [-0.05, 0) is 86.9 Å². The summed E-state index contributed by atoms with van der Waals surface area (Å²) in [4.78, 5) is 13.3. The Labute approximate surface area is 243 Å². The van der Waals surface area contributed by atoms with Gasteiger partial charge in [-0.15, -0.1) is 0 Å². The highest BCUT2D eigenvalue weighted by atomic mass is 35.5. The second-order valence-corrected chi connectivity index (χ2v) is 11.2. The first-order chi connectivity index (χ1) is 19.7. The normalized spacial score (nSPS) is 20.7. The number of rotatable bonds is 10. The molecule has 5 rings (SSSR count). The minimum Gasteiger partial charge on any atom is -0.370 e. The summed E-state index contributed by atoms with van der Waals surface area (Å²) in [5, 5.41) is 11.6. The summed E-state index contributed by atoms with van der Waals surface area (Å²) in [7, 11) is 0. The number of aliphatic imine (C=N–C) groups is 1. The third kappa shape index (κ3) is 6.90. The summed E-state index contributed by atoms with van der Waals surface area (Å²) in [6.45, 7) is 2.52. The van der Waals surface area contributed by atoms with E-state index in [9.17, 15) is 5.11 Å². The fraction of sp³-hybridized carbons (Fsp3) is 0.400. The molecule has 0 amide bonds. The number of aryl methyl sites for hydroxylation is 1. The highest BCUT2D eigenvalue weighted by molar-refractivity contribution is 6.31. The first kappa shape index (κ1) is 29.1. The number of aromatic amines is 1. The average Bonchev–Trinajstić information content (AvgIpc) is 3.57. The molecule has 0 radical (unpaired) electrons. The summed E-state index contributed by atoms with van der Waals surface area (Å²) in [5.41, 5.74) is 20.8. The van der Waals surface area contributed by atoms with Gasteiger partial charge in [0.05, 0.1) is 22.9 Å². The van der Waals surface area contributed by atoms with Crippen LogP contribution in [0.1, 0.15) is 56.3 Å². The van der Waals surface area contributed by atoms with E-state index in [1.54, 1.807) is 17.2 Å². The lowest BCUT2D eigenvalue weighted by Crippen LogP contribution is -2.41. The first-order valence-corrected chi connectivity index (χ1v) is 14.4. The van der Waals surface area contributed by atoms with Gasteiger partial charge in [-0.3, -0.25) is 4.99 Å². The molecule has 9 nitrogen and oxygen atoms in total. The topological polar surface area (TPSA) is 151 Å². The van der Waals surface area contributed by atoms with Crippen molar-refractivity contribution in [2.24, 2.45) is 27.2 Å². The molecule has 3 heterocycles. The Balaban J connectivity index is 1.32. The number of nitrogens with one attached hydrogen (secondary N) is 1. The van der Waals surface area contributed by atoms with E-state index in [4.69, 9.17) is 33.5 Å². The van der Waals surface area contributed by atoms with Crippen LogP contribution in [0.25, 0.3) is 17.5 Å². The number of H-pyrrole nitrogens is 1. The Morgan fingerprint density at radius 1 is 1.24 bits per heavy atom. The molecule has 0 bridgehead atoms. The van der Waals surface area contributed by atoms with Gasteiger partial charge in [0.25, 0.3) is 0 Å². The minimum atomic E-state index is -1.14. The Hall–Kier alpha value is -3.44. The summed E-state index contributed by atoms with van der Waals surface area (Å²) < 4.78 is 21.3. The molecule has 1 saturated heterocycles. The van der Waals surface area contributed by atoms with Crippen LogP contribution in [0.5, 0.6) is 0 Å². The van der Waals surface area contributed by atoms with Crippen molar-refractivity contribution in [1.29, 1.82) is 0 Å². The fourth-order valence-electron chi connectivity index (χ4n) is 5.39. The molecule has 218 valence electrons. The predicted octanol–water partition coefficient (Wildman–Crippen LogP) is 3.18. The molecule has 1 unspecified atom stereocenters. The number of fused-ring (bicyclic) bond motifs is 1. The summed E-state index contributed by atoms with van der Waals surface area (Å²) in [6, 6.07) is 13.3. The lowest BCUT2D eigenvalue weighted by atomic mass is 10.0. The molecule has 0 spiro atoms. The highest BCUT2D eigenvalue weighted by Crippen LogP contribution is 2.35. The van der Waals surface area contributed by atoms with E-state index in [1.165, 1.54) is 0 Å². The smallest absolute Gasteiger partial charge is 0.231 e. The second-order valence-electron chi connectivity index (χ2n) is 10.8. The van der Waals surface area contributed by atoms with Crippen molar-refractivity contribution >= 4 is 29.4 Å².